The van der Waals surface area contributed by atoms with Gasteiger partial charge in [0.25, 0.3) is 0 Å². The lowest BCUT2D eigenvalue weighted by Gasteiger charge is -2.36. The minimum Gasteiger partial charge on any atom is -0.324 e. The van der Waals surface area contributed by atoms with Crippen molar-refractivity contribution in [3.63, 3.8) is 0 Å². The molecule has 1 N–H and O–H groups in total. The number of thiazole rings is 1. The highest BCUT2D eigenvalue weighted by molar-refractivity contribution is 8.00. The lowest BCUT2D eigenvalue weighted by atomic mass is 9.76. The fraction of sp³-hybridized carbons (Fsp3) is 0.280. The molecule has 2 unspecified atom stereocenters. The molecule has 1 saturated heterocycles. The number of alkyl halides is 3. The summed E-state index contributed by atoms with van der Waals surface area (Å²) in [6.07, 6.45) is -4.78. The molecule has 0 saturated carbocycles. The number of halogens is 5. The second-order valence-electron chi connectivity index (χ2n) is 9.53. The molecule has 3 aromatic rings. The third-order valence-electron chi connectivity index (χ3n) is 6.66. The second kappa shape index (κ2) is 9.69. The van der Waals surface area contributed by atoms with E-state index in [1.165, 1.54) is 34.9 Å². The molecular weight excluding hydrogens is 598 g/mol. The summed E-state index contributed by atoms with van der Waals surface area (Å²) in [6.45, 7) is 2.95. The Morgan fingerprint density at radius 1 is 1.05 bits per heavy atom. The molecule has 1 fully saturated rings. The first-order valence-corrected chi connectivity index (χ1v) is 13.9. The summed E-state index contributed by atoms with van der Waals surface area (Å²) in [5.74, 6) is -3.14. The van der Waals surface area contributed by atoms with Crippen LogP contribution in [0.3, 0.4) is 0 Å². The standard InChI is InChI=1S/C25H18Cl2F3N3O4S2/c1-24(2)17-18(21(36)33(20(17)35)15-6-4-3-5-12(15)25(28,29)30)38-22-19(24)39-23(37)32(22)10-16(34)31-11-7-8-13(26)14(27)9-11/h3-9,17-18H,10H2,1-2H3,(H,31,34). The van der Waals surface area contributed by atoms with Crippen LogP contribution in [0.1, 0.15) is 24.3 Å². The number of imide groups is 1. The Balaban J connectivity index is 1.48. The maximum Gasteiger partial charge on any atom is 0.418 e. The summed E-state index contributed by atoms with van der Waals surface area (Å²) in [4.78, 5) is 53.4. The van der Waals surface area contributed by atoms with Gasteiger partial charge in [-0.2, -0.15) is 13.2 Å². The van der Waals surface area contributed by atoms with Crippen LogP contribution in [0.15, 0.2) is 52.3 Å². The minimum absolute atomic E-state index is 0.226. The first-order valence-electron chi connectivity index (χ1n) is 11.4. The molecular formula is C25H18Cl2F3N3O4S2. The van der Waals surface area contributed by atoms with E-state index in [0.717, 1.165) is 35.2 Å². The summed E-state index contributed by atoms with van der Waals surface area (Å²) in [6, 6.07) is 8.91. The number of aromatic nitrogens is 1. The average molecular weight is 616 g/mol. The van der Waals surface area contributed by atoms with Gasteiger partial charge in [-0.25, -0.2) is 4.90 Å². The van der Waals surface area contributed by atoms with Crippen LogP contribution in [0.25, 0.3) is 0 Å². The smallest absolute Gasteiger partial charge is 0.324 e. The predicted molar refractivity (Wildman–Crippen MR) is 144 cm³/mol. The van der Waals surface area contributed by atoms with Crippen molar-refractivity contribution in [2.24, 2.45) is 5.92 Å². The third-order valence-corrected chi connectivity index (χ3v) is 10.2. The Kier molecular flexibility index (Phi) is 6.89. The number of fused-ring (bicyclic) bond motifs is 2. The summed E-state index contributed by atoms with van der Waals surface area (Å²) >= 11 is 13.7. The number of para-hydroxylation sites is 1. The summed E-state index contributed by atoms with van der Waals surface area (Å²) in [5, 5.41) is 2.40. The lowest BCUT2D eigenvalue weighted by Crippen LogP contribution is -2.42. The van der Waals surface area contributed by atoms with Gasteiger partial charge < -0.3 is 5.32 Å². The molecule has 39 heavy (non-hydrogen) atoms. The maximum atomic E-state index is 13.7. The number of carbonyl (C=O) groups is 3. The Morgan fingerprint density at radius 2 is 1.74 bits per heavy atom. The van der Waals surface area contributed by atoms with E-state index in [1.807, 2.05) is 0 Å². The molecule has 1 aromatic heterocycles. The van der Waals surface area contributed by atoms with Gasteiger partial charge in [0, 0.05) is 16.0 Å². The molecule has 0 spiro atoms. The Bertz CT molecular complexity index is 1600. The number of hydrogen-bond acceptors (Lipinski definition) is 6. The number of nitrogens with zero attached hydrogens (tertiary/aromatic N) is 2. The first-order chi connectivity index (χ1) is 18.2. The largest absolute Gasteiger partial charge is 0.418 e. The lowest BCUT2D eigenvalue weighted by molar-refractivity contribution is -0.137. The number of thioether (sulfide) groups is 1. The monoisotopic (exact) mass is 615 g/mol. The third kappa shape index (κ3) is 4.66. The van der Waals surface area contributed by atoms with E-state index in [0.29, 0.717) is 25.5 Å². The van der Waals surface area contributed by atoms with Gasteiger partial charge in [0.1, 0.15) is 11.8 Å². The van der Waals surface area contributed by atoms with Gasteiger partial charge >= 0.3 is 11.0 Å². The van der Waals surface area contributed by atoms with Gasteiger partial charge in [0.15, 0.2) is 0 Å². The van der Waals surface area contributed by atoms with Crippen molar-refractivity contribution < 1.29 is 27.6 Å². The normalized spacial score (nSPS) is 20.1. The molecule has 2 aliphatic heterocycles. The molecule has 5 rings (SSSR count). The average Bonchev–Trinajstić information content (AvgIpc) is 3.30. The second-order valence-corrected chi connectivity index (χ2v) is 12.4. The summed E-state index contributed by atoms with van der Waals surface area (Å²) in [5.41, 5.74) is -2.35. The molecule has 3 amide bonds. The number of carbonyl (C=O) groups excluding carboxylic acids is 3. The quantitative estimate of drug-likeness (QED) is 0.374. The van der Waals surface area contributed by atoms with E-state index in [2.05, 4.69) is 5.32 Å². The van der Waals surface area contributed by atoms with E-state index < -0.39 is 63.1 Å². The van der Waals surface area contributed by atoms with Crippen LogP contribution < -0.4 is 15.1 Å². The van der Waals surface area contributed by atoms with Gasteiger partial charge in [-0.1, -0.05) is 72.3 Å². The SMILES string of the molecule is CC1(C)c2sc(=O)n(CC(=O)Nc3ccc(Cl)c(Cl)c3)c2SC2C(=O)N(c3ccccc3C(F)(F)F)C(=O)C21. The van der Waals surface area contributed by atoms with Crippen molar-refractivity contribution in [3.05, 3.63) is 72.6 Å². The highest BCUT2D eigenvalue weighted by Crippen LogP contribution is 2.55. The molecule has 0 aliphatic carbocycles. The van der Waals surface area contributed by atoms with Gasteiger partial charge in [0.2, 0.25) is 17.7 Å². The molecule has 3 heterocycles. The van der Waals surface area contributed by atoms with Crippen LogP contribution in [0, 0.1) is 5.92 Å². The molecule has 2 aromatic carbocycles. The van der Waals surface area contributed by atoms with E-state index in [9.17, 15) is 32.3 Å². The van der Waals surface area contributed by atoms with Gasteiger partial charge in [-0.15, -0.1) is 0 Å². The molecule has 2 aliphatic rings. The van der Waals surface area contributed by atoms with Gasteiger partial charge in [-0.05, 0) is 30.3 Å². The van der Waals surface area contributed by atoms with Crippen molar-refractivity contribution in [2.75, 3.05) is 10.2 Å². The van der Waals surface area contributed by atoms with Crippen molar-refractivity contribution in [3.8, 4) is 0 Å². The Labute approximate surface area is 237 Å². The molecule has 204 valence electrons. The van der Waals surface area contributed by atoms with Crippen molar-refractivity contribution >= 4 is 75.4 Å². The van der Waals surface area contributed by atoms with Crippen molar-refractivity contribution in [2.45, 2.75) is 42.3 Å². The highest BCUT2D eigenvalue weighted by Gasteiger charge is 2.60. The fourth-order valence-corrected chi connectivity index (χ4v) is 8.17. The number of nitrogens with one attached hydrogen (secondary N) is 1. The van der Waals surface area contributed by atoms with Gasteiger partial charge in [-0.3, -0.25) is 23.7 Å². The van der Waals surface area contributed by atoms with Crippen LogP contribution in [0.4, 0.5) is 24.5 Å². The molecule has 7 nitrogen and oxygen atoms in total. The van der Waals surface area contributed by atoms with E-state index >= 15 is 0 Å². The predicted octanol–water partition coefficient (Wildman–Crippen LogP) is 5.82. The van der Waals surface area contributed by atoms with E-state index in [4.69, 9.17) is 23.2 Å². The Hall–Kier alpha value is -2.80. The molecule has 0 bridgehead atoms. The van der Waals surface area contributed by atoms with Crippen LogP contribution in [-0.4, -0.2) is 27.5 Å². The van der Waals surface area contributed by atoms with Crippen LogP contribution in [0.5, 0.6) is 0 Å². The minimum atomic E-state index is -4.78. The summed E-state index contributed by atoms with van der Waals surface area (Å²) in [7, 11) is 0. The van der Waals surface area contributed by atoms with E-state index in [-0.39, 0.29) is 5.02 Å². The topological polar surface area (TPSA) is 88.5 Å². The zero-order valence-electron chi connectivity index (χ0n) is 20.1. The number of rotatable bonds is 4. The Morgan fingerprint density at radius 3 is 2.41 bits per heavy atom. The molecule has 14 heteroatoms. The molecule has 2 atom stereocenters. The number of anilines is 2. The van der Waals surface area contributed by atoms with Crippen LogP contribution >= 0.6 is 46.3 Å². The van der Waals surface area contributed by atoms with Crippen molar-refractivity contribution in [1.82, 2.24) is 4.57 Å². The number of benzene rings is 2. The van der Waals surface area contributed by atoms with Gasteiger partial charge in [0.05, 0.1) is 32.2 Å². The van der Waals surface area contributed by atoms with Crippen molar-refractivity contribution in [1.29, 1.82) is 0 Å². The van der Waals surface area contributed by atoms with Crippen LogP contribution in [-0.2, 0) is 32.5 Å². The number of hydrogen-bond donors (Lipinski definition) is 1. The number of amides is 3. The zero-order chi connectivity index (χ0) is 28.4. The fourth-order valence-electron chi connectivity index (χ4n) is 4.83. The summed E-state index contributed by atoms with van der Waals surface area (Å²) < 4.78 is 42.4. The molecule has 0 radical (unpaired) electrons. The maximum absolute atomic E-state index is 13.7. The van der Waals surface area contributed by atoms with Crippen LogP contribution in [0.2, 0.25) is 10.0 Å². The first kappa shape index (κ1) is 27.8. The highest BCUT2D eigenvalue weighted by atomic mass is 35.5. The van der Waals surface area contributed by atoms with E-state index in [1.54, 1.807) is 13.8 Å². The zero-order valence-corrected chi connectivity index (χ0v) is 23.3.